The van der Waals surface area contributed by atoms with Crippen LogP contribution >= 0.6 is 0 Å². The van der Waals surface area contributed by atoms with Gasteiger partial charge < -0.3 is 24.4 Å². The molecule has 1 unspecified atom stereocenters. The molecule has 0 heterocycles. The molecular weight excluding hydrogens is 268 g/mol. The first-order valence-corrected chi connectivity index (χ1v) is 7.26. The van der Waals surface area contributed by atoms with E-state index in [9.17, 15) is 0 Å². The van der Waals surface area contributed by atoms with Crippen molar-refractivity contribution in [2.45, 2.75) is 13.0 Å². The topological polar surface area (TPSA) is 43.0 Å². The van der Waals surface area contributed by atoms with Crippen molar-refractivity contribution in [1.82, 2.24) is 5.32 Å². The molecule has 1 rings (SSSR count). The Labute approximate surface area is 128 Å². The van der Waals surface area contributed by atoms with Gasteiger partial charge in [-0.1, -0.05) is 6.07 Å². The smallest absolute Gasteiger partial charge is 0.125 e. The van der Waals surface area contributed by atoms with Gasteiger partial charge in [0.05, 0.1) is 20.3 Å². The van der Waals surface area contributed by atoms with E-state index >= 15 is 0 Å². The largest absolute Gasteiger partial charge is 0.496 e. The first-order valence-electron chi connectivity index (χ1n) is 7.26. The molecular formula is C16H28N2O3. The lowest BCUT2D eigenvalue weighted by atomic mass is 10.0. The molecule has 5 nitrogen and oxygen atoms in total. The Morgan fingerprint density at radius 1 is 1.10 bits per heavy atom. The van der Waals surface area contributed by atoms with Crippen molar-refractivity contribution in [3.8, 4) is 5.75 Å². The summed E-state index contributed by atoms with van der Waals surface area (Å²) in [6.45, 7) is 5.11. The summed E-state index contributed by atoms with van der Waals surface area (Å²) in [5, 5.41) is 3.29. The third-order valence-electron chi connectivity index (χ3n) is 3.60. The van der Waals surface area contributed by atoms with Crippen LogP contribution < -0.4 is 15.0 Å². The summed E-state index contributed by atoms with van der Waals surface area (Å²) in [5.41, 5.74) is 2.32. The fraction of sp³-hybridized carbons (Fsp3) is 0.625. The third kappa shape index (κ3) is 4.88. The van der Waals surface area contributed by atoms with Crippen molar-refractivity contribution in [1.29, 1.82) is 0 Å². The average molecular weight is 296 g/mol. The minimum atomic E-state index is 0.198. The van der Waals surface area contributed by atoms with E-state index in [4.69, 9.17) is 14.2 Å². The maximum Gasteiger partial charge on any atom is 0.125 e. The van der Waals surface area contributed by atoms with Crippen LogP contribution in [0.5, 0.6) is 5.75 Å². The van der Waals surface area contributed by atoms with Gasteiger partial charge in [-0.3, -0.25) is 0 Å². The maximum absolute atomic E-state index is 5.54. The van der Waals surface area contributed by atoms with Crippen molar-refractivity contribution >= 4 is 5.69 Å². The number of nitrogens with one attached hydrogen (secondary N) is 1. The molecule has 0 bridgehead atoms. The van der Waals surface area contributed by atoms with Crippen LogP contribution in [0, 0.1) is 0 Å². The summed E-state index contributed by atoms with van der Waals surface area (Å²) in [5.74, 6) is 0.897. The molecule has 5 heteroatoms. The quantitative estimate of drug-likeness (QED) is 0.716. The Kier molecular flexibility index (Phi) is 8.12. The van der Waals surface area contributed by atoms with Gasteiger partial charge in [0, 0.05) is 44.6 Å². The summed E-state index contributed by atoms with van der Waals surface area (Å²) < 4.78 is 16.0. The predicted octanol–water partition coefficient (Wildman–Crippen LogP) is 2.07. The zero-order chi connectivity index (χ0) is 15.7. The van der Waals surface area contributed by atoms with E-state index in [1.165, 1.54) is 0 Å². The minimum Gasteiger partial charge on any atom is -0.496 e. The summed E-state index contributed by atoms with van der Waals surface area (Å²) >= 11 is 0. The number of rotatable bonds is 10. The molecule has 1 aromatic carbocycles. The summed E-state index contributed by atoms with van der Waals surface area (Å²) in [6, 6.07) is 6.34. The normalized spacial score (nSPS) is 12.2. The molecule has 0 saturated carbocycles. The lowest BCUT2D eigenvalue weighted by Gasteiger charge is -2.29. The van der Waals surface area contributed by atoms with E-state index in [0.717, 1.165) is 30.1 Å². The first kappa shape index (κ1) is 17.8. The molecule has 1 N–H and O–H groups in total. The SMILES string of the molecule is CNC(C)c1c(OC)cccc1N(CCOC)CCOC. The lowest BCUT2D eigenvalue weighted by Crippen LogP contribution is -2.32. The third-order valence-corrected chi connectivity index (χ3v) is 3.60. The van der Waals surface area contributed by atoms with Crippen LogP contribution in [-0.4, -0.2) is 54.7 Å². The zero-order valence-corrected chi connectivity index (χ0v) is 13.8. The second kappa shape index (κ2) is 9.60. The minimum absolute atomic E-state index is 0.198. The Bertz CT molecular complexity index is 405. The number of hydrogen-bond acceptors (Lipinski definition) is 5. The molecule has 0 aliphatic rings. The van der Waals surface area contributed by atoms with E-state index in [0.29, 0.717) is 13.2 Å². The molecule has 0 spiro atoms. The van der Waals surface area contributed by atoms with E-state index in [-0.39, 0.29) is 6.04 Å². The van der Waals surface area contributed by atoms with Crippen LogP contribution in [-0.2, 0) is 9.47 Å². The lowest BCUT2D eigenvalue weighted by molar-refractivity contribution is 0.190. The molecule has 0 amide bonds. The molecule has 120 valence electrons. The molecule has 0 saturated heterocycles. The van der Waals surface area contributed by atoms with Crippen molar-refractivity contribution in [2.75, 3.05) is 59.6 Å². The highest BCUT2D eigenvalue weighted by Crippen LogP contribution is 2.34. The van der Waals surface area contributed by atoms with Gasteiger partial charge in [0.25, 0.3) is 0 Å². The van der Waals surface area contributed by atoms with Gasteiger partial charge in [-0.15, -0.1) is 0 Å². The van der Waals surface area contributed by atoms with Crippen LogP contribution in [0.3, 0.4) is 0 Å². The zero-order valence-electron chi connectivity index (χ0n) is 13.8. The fourth-order valence-corrected chi connectivity index (χ4v) is 2.32. The van der Waals surface area contributed by atoms with E-state index in [2.05, 4.69) is 23.2 Å². The summed E-state index contributed by atoms with van der Waals surface area (Å²) in [6.07, 6.45) is 0. The summed E-state index contributed by atoms with van der Waals surface area (Å²) in [7, 11) is 7.10. The Morgan fingerprint density at radius 2 is 1.71 bits per heavy atom. The Balaban J connectivity index is 3.14. The van der Waals surface area contributed by atoms with E-state index in [1.54, 1.807) is 21.3 Å². The molecule has 1 atom stereocenters. The fourth-order valence-electron chi connectivity index (χ4n) is 2.32. The van der Waals surface area contributed by atoms with Gasteiger partial charge in [0.15, 0.2) is 0 Å². The van der Waals surface area contributed by atoms with Crippen molar-refractivity contribution in [3.63, 3.8) is 0 Å². The average Bonchev–Trinajstić information content (AvgIpc) is 2.53. The highest BCUT2D eigenvalue weighted by molar-refractivity contribution is 5.61. The highest BCUT2D eigenvalue weighted by atomic mass is 16.5. The van der Waals surface area contributed by atoms with Crippen molar-refractivity contribution in [3.05, 3.63) is 23.8 Å². The molecule has 21 heavy (non-hydrogen) atoms. The van der Waals surface area contributed by atoms with Crippen LogP contribution in [0.15, 0.2) is 18.2 Å². The van der Waals surface area contributed by atoms with Gasteiger partial charge in [0.2, 0.25) is 0 Å². The Morgan fingerprint density at radius 3 is 2.19 bits per heavy atom. The number of hydrogen-bond donors (Lipinski definition) is 1. The molecule has 0 radical (unpaired) electrons. The maximum atomic E-state index is 5.54. The highest BCUT2D eigenvalue weighted by Gasteiger charge is 2.19. The molecule has 1 aromatic rings. The van der Waals surface area contributed by atoms with Crippen LogP contribution in [0.1, 0.15) is 18.5 Å². The second-order valence-electron chi connectivity index (χ2n) is 4.88. The van der Waals surface area contributed by atoms with Gasteiger partial charge in [-0.25, -0.2) is 0 Å². The molecule has 0 aromatic heterocycles. The molecule has 0 aliphatic heterocycles. The van der Waals surface area contributed by atoms with Crippen LogP contribution in [0.4, 0.5) is 5.69 Å². The number of nitrogens with zero attached hydrogens (tertiary/aromatic N) is 1. The number of benzene rings is 1. The predicted molar refractivity (Wildman–Crippen MR) is 86.4 cm³/mol. The van der Waals surface area contributed by atoms with E-state index in [1.807, 2.05) is 19.2 Å². The second-order valence-corrected chi connectivity index (χ2v) is 4.88. The van der Waals surface area contributed by atoms with Gasteiger partial charge in [0.1, 0.15) is 5.75 Å². The number of anilines is 1. The number of ether oxygens (including phenoxy) is 3. The van der Waals surface area contributed by atoms with Gasteiger partial charge >= 0.3 is 0 Å². The molecule has 0 fully saturated rings. The monoisotopic (exact) mass is 296 g/mol. The van der Waals surface area contributed by atoms with Crippen LogP contribution in [0.25, 0.3) is 0 Å². The first-order chi connectivity index (χ1) is 10.2. The Hall–Kier alpha value is -1.30. The molecule has 0 aliphatic carbocycles. The van der Waals surface area contributed by atoms with Crippen molar-refractivity contribution in [2.24, 2.45) is 0 Å². The number of methoxy groups -OCH3 is 3. The standard InChI is InChI=1S/C16H28N2O3/c1-13(17-2)16-14(7-6-8-15(16)21-5)18(9-11-19-3)10-12-20-4/h6-8,13,17H,9-12H2,1-5H3. The van der Waals surface area contributed by atoms with Gasteiger partial charge in [-0.05, 0) is 26.1 Å². The van der Waals surface area contributed by atoms with Gasteiger partial charge in [-0.2, -0.15) is 0 Å². The van der Waals surface area contributed by atoms with E-state index < -0.39 is 0 Å². The summed E-state index contributed by atoms with van der Waals surface area (Å²) in [4.78, 5) is 2.28. The van der Waals surface area contributed by atoms with Crippen LogP contribution in [0.2, 0.25) is 0 Å². The van der Waals surface area contributed by atoms with Crippen molar-refractivity contribution < 1.29 is 14.2 Å².